The van der Waals surface area contributed by atoms with E-state index in [1.165, 1.54) is 6.42 Å². The average molecular weight is 395 g/mol. The number of hydrogen-bond acceptors (Lipinski definition) is 1. The van der Waals surface area contributed by atoms with E-state index >= 15 is 0 Å². The van der Waals surface area contributed by atoms with E-state index in [1.54, 1.807) is 9.48 Å². The Hall–Kier alpha value is 1.11. The fourth-order valence-corrected chi connectivity index (χ4v) is 7.34. The molecule has 0 aromatic heterocycles. The van der Waals surface area contributed by atoms with Crippen molar-refractivity contribution in [3.8, 4) is 0 Å². The predicted octanol–water partition coefficient (Wildman–Crippen LogP) is -4.79. The van der Waals surface area contributed by atoms with Gasteiger partial charge in [-0.2, -0.15) is 0 Å². The van der Waals surface area contributed by atoms with Crippen LogP contribution in [-0.2, 0) is 16.5 Å². The Bertz CT molecular complexity index is 328. The minimum atomic E-state index is -1.13. The van der Waals surface area contributed by atoms with Gasteiger partial charge in [0.05, 0.1) is 0 Å². The van der Waals surface area contributed by atoms with Crippen LogP contribution < -0.4 is 37.2 Å². The number of hydrogen-bond donors (Lipinski definition) is 0. The Morgan fingerprint density at radius 3 is 1.80 bits per heavy atom. The molecule has 0 atom stereocenters. The van der Waals surface area contributed by atoms with Crippen molar-refractivity contribution in [2.45, 2.75) is 65.8 Å². The van der Waals surface area contributed by atoms with Gasteiger partial charge in [-0.1, -0.05) is 0 Å². The largest absolute Gasteiger partial charge is 1.00 e. The van der Waals surface area contributed by atoms with E-state index in [2.05, 4.69) is 63.2 Å². The van der Waals surface area contributed by atoms with Gasteiger partial charge < -0.3 is 37.2 Å². The fourth-order valence-electron chi connectivity index (χ4n) is 2.24. The second-order valence-corrected chi connectivity index (χ2v) is 13.3. The Morgan fingerprint density at radius 2 is 1.45 bits per heavy atom. The normalized spacial score (nSPS) is 14.1. The van der Waals surface area contributed by atoms with Gasteiger partial charge in [0.2, 0.25) is 0 Å². The molecule has 0 unspecified atom stereocenters. The summed E-state index contributed by atoms with van der Waals surface area (Å²) in [6, 6.07) is 1.34. The Kier molecular flexibility index (Phi) is 14.0. The van der Waals surface area contributed by atoms with E-state index in [-0.39, 0.29) is 53.7 Å². The van der Waals surface area contributed by atoms with Gasteiger partial charge in [0.1, 0.15) is 0 Å². The molecule has 0 heterocycles. The number of halogens is 3. The first-order valence-electron chi connectivity index (χ1n) is 6.63. The summed E-state index contributed by atoms with van der Waals surface area (Å²) < 4.78 is 4.46. The summed E-state index contributed by atoms with van der Waals surface area (Å²) in [5.74, 6) is 0. The van der Waals surface area contributed by atoms with E-state index in [1.807, 2.05) is 0 Å². The van der Waals surface area contributed by atoms with E-state index in [0.29, 0.717) is 12.1 Å². The smallest absolute Gasteiger partial charge is 1.00 e. The Labute approximate surface area is 152 Å². The van der Waals surface area contributed by atoms with Crippen molar-refractivity contribution in [2.75, 3.05) is 0 Å². The Morgan fingerprint density at radius 1 is 1.00 bits per heavy atom. The topological polar surface area (TPSA) is 3.24 Å². The molecule has 0 aromatic carbocycles. The van der Waals surface area contributed by atoms with Crippen molar-refractivity contribution in [2.24, 2.45) is 0 Å². The summed E-state index contributed by atoms with van der Waals surface area (Å²) in [6.45, 7) is 16.7. The summed E-state index contributed by atoms with van der Waals surface area (Å²) >= 11 is 0.216. The number of nitrogens with zero attached hydrogens (tertiary/aromatic N) is 1. The van der Waals surface area contributed by atoms with Crippen molar-refractivity contribution in [1.82, 2.24) is 3.75 Å². The summed E-state index contributed by atoms with van der Waals surface area (Å²) in [4.78, 5) is 0. The van der Waals surface area contributed by atoms with Crippen molar-refractivity contribution in [1.29, 1.82) is 0 Å². The molecule has 1 aliphatic carbocycles. The van der Waals surface area contributed by atoms with E-state index in [4.69, 9.17) is 0 Å². The van der Waals surface area contributed by atoms with Gasteiger partial charge in [-0.25, -0.2) is 0 Å². The van der Waals surface area contributed by atoms with Gasteiger partial charge in [0, 0.05) is 0 Å². The molecule has 0 aromatic rings. The van der Waals surface area contributed by atoms with Crippen LogP contribution in [0.3, 0.4) is 0 Å². The zero-order chi connectivity index (χ0) is 13.2. The summed E-state index contributed by atoms with van der Waals surface area (Å²) in [5.41, 5.74) is 0. The van der Waals surface area contributed by atoms with Crippen molar-refractivity contribution in [3.63, 3.8) is 0 Å². The summed E-state index contributed by atoms with van der Waals surface area (Å²) in [5, 5.41) is 1.73. The molecule has 1 rings (SSSR count). The summed E-state index contributed by atoms with van der Waals surface area (Å²) in [6.07, 6.45) is 6.00. The first-order chi connectivity index (χ1) is 7.73. The minimum Gasteiger partial charge on any atom is -1.00 e. The molecule has 0 N–H and O–H groups in total. The molecule has 0 saturated heterocycles. The van der Waals surface area contributed by atoms with Gasteiger partial charge in [0.25, 0.3) is 0 Å². The van der Waals surface area contributed by atoms with E-state index in [9.17, 15) is 0 Å². The van der Waals surface area contributed by atoms with Gasteiger partial charge >= 0.3 is 116 Å². The second-order valence-electron chi connectivity index (χ2n) is 6.38. The molecular formula is C14H27Cl3NSiV. The second kappa shape index (κ2) is 10.8. The maximum Gasteiger partial charge on any atom is -1.00 e. The Balaban J connectivity index is -0.000000963. The maximum atomic E-state index is 2.69. The predicted molar refractivity (Wildman–Crippen MR) is 76.2 cm³/mol. The van der Waals surface area contributed by atoms with Crippen LogP contribution in [-0.4, -0.2) is 23.9 Å². The first-order valence-corrected chi connectivity index (χ1v) is 11.5. The monoisotopic (exact) mass is 393 g/mol. The zero-order valence-electron chi connectivity index (χ0n) is 13.5. The molecule has 0 amide bonds. The fraction of sp³-hybridized carbons (Fsp3) is 0.714. The number of allylic oxidation sites excluding steroid dienone is 4. The van der Waals surface area contributed by atoms with Crippen molar-refractivity contribution in [3.05, 3.63) is 21.6 Å². The molecule has 0 saturated carbocycles. The van der Waals surface area contributed by atoms with Crippen molar-refractivity contribution < 1.29 is 53.7 Å². The third-order valence-corrected chi connectivity index (χ3v) is 8.27. The molecule has 118 valence electrons. The van der Waals surface area contributed by atoms with Gasteiger partial charge in [-0.05, 0) is 0 Å². The molecule has 1 aliphatic rings. The van der Waals surface area contributed by atoms with E-state index in [0.717, 1.165) is 0 Å². The van der Waals surface area contributed by atoms with Gasteiger partial charge in [-0.3, -0.25) is 0 Å². The summed E-state index contributed by atoms with van der Waals surface area (Å²) in [7, 11) is -1.13. The molecule has 0 spiro atoms. The quantitative estimate of drug-likeness (QED) is 0.423. The van der Waals surface area contributed by atoms with Crippen LogP contribution in [0.2, 0.25) is 19.6 Å². The van der Waals surface area contributed by atoms with Crippen LogP contribution in [0.25, 0.3) is 0 Å². The molecule has 20 heavy (non-hydrogen) atoms. The standard InChI is InChI=1S/C8H13Si.C6H14N.3ClH.V/c1-9(2,3)8-6-4-5-7-8;1-5(2)7-6(3)4;;;;/h4,6H,5H2,1-3H3;5-6H,1-4H3;3*1H;/q;-1;;;;+4/p-3. The third kappa shape index (κ3) is 7.40. The van der Waals surface area contributed by atoms with Crippen LogP contribution in [0.4, 0.5) is 0 Å². The van der Waals surface area contributed by atoms with Crippen LogP contribution in [0, 0.1) is 0 Å². The van der Waals surface area contributed by atoms with Crippen LogP contribution in [0.1, 0.15) is 34.1 Å². The molecule has 1 nitrogen and oxygen atoms in total. The van der Waals surface area contributed by atoms with Crippen LogP contribution >= 0.6 is 0 Å². The molecule has 0 bridgehead atoms. The SMILES string of the molecule is CC(C)[N]([V+3][C]1=C([Si](C)(C)C)C=CC1)C(C)C.[Cl-].[Cl-].[Cl-]. The van der Waals surface area contributed by atoms with Gasteiger partial charge in [0.15, 0.2) is 0 Å². The first kappa shape index (κ1) is 26.0. The molecule has 0 aliphatic heterocycles. The minimum absolute atomic E-state index is 0. The third-order valence-electron chi connectivity index (χ3n) is 3.01. The van der Waals surface area contributed by atoms with Gasteiger partial charge in [-0.15, -0.1) is 0 Å². The van der Waals surface area contributed by atoms with E-state index < -0.39 is 8.07 Å². The van der Waals surface area contributed by atoms with Crippen LogP contribution in [0.15, 0.2) is 21.6 Å². The zero-order valence-corrected chi connectivity index (χ0v) is 18.2. The molecule has 0 fully saturated rings. The maximum absolute atomic E-state index is 2.69. The molecular weight excluding hydrogens is 368 g/mol. The molecule has 0 radical (unpaired) electrons. The average Bonchev–Trinajstić information content (AvgIpc) is 2.59. The van der Waals surface area contributed by atoms with Crippen molar-refractivity contribution >= 4 is 8.07 Å². The molecule has 6 heteroatoms. The van der Waals surface area contributed by atoms with Crippen LogP contribution in [0.5, 0.6) is 0 Å². The number of rotatable bonds is 5.